The molecular formula is C5H13AlBeO. The third-order valence-corrected chi connectivity index (χ3v) is 2.09. The number of ketones is 1. The zero-order valence-electron chi connectivity index (χ0n) is 7.90. The number of carbonyl (C=O) groups is 1. The molecule has 0 radical (unpaired) electrons. The van der Waals surface area contributed by atoms with Crippen LogP contribution in [0.15, 0.2) is 0 Å². The molecule has 0 aromatic heterocycles. The summed E-state index contributed by atoms with van der Waals surface area (Å²) in [5, 5.41) is 0.861. The van der Waals surface area contributed by atoms with Crippen molar-refractivity contribution in [2.24, 2.45) is 0 Å². The molecule has 1 nitrogen and oxygen atoms in total. The van der Waals surface area contributed by atoms with Gasteiger partial charge in [-0.3, -0.25) is 0 Å². The van der Waals surface area contributed by atoms with E-state index in [4.69, 9.17) is 0 Å². The Bertz CT molecular complexity index is 80.0. The average molecular weight is 125 g/mol. The number of Topliss-reactive ketones (excluding diaryl/α,β-unsaturated/α-hetero) is 1. The van der Waals surface area contributed by atoms with E-state index in [1.54, 1.807) is 6.92 Å². The molecule has 3 heteroatoms. The summed E-state index contributed by atoms with van der Waals surface area (Å²) in [7, 11) is 0. The summed E-state index contributed by atoms with van der Waals surface area (Å²) < 4.78 is 0. The molecule has 0 N–H and O–H groups in total. The number of hydrogen-bond acceptors (Lipinski definition) is 1. The van der Waals surface area contributed by atoms with Gasteiger partial charge in [0.15, 0.2) is 0 Å². The Kier molecular flexibility index (Phi) is 7.71. The van der Waals surface area contributed by atoms with Gasteiger partial charge in [0, 0.05) is 0 Å². The van der Waals surface area contributed by atoms with Crippen molar-refractivity contribution >= 4 is 30.1 Å². The Hall–Kier alpha value is 0.371. The van der Waals surface area contributed by atoms with E-state index in [-0.39, 0.29) is 13.0 Å². The van der Waals surface area contributed by atoms with Crippen LogP contribution in [0.3, 0.4) is 0 Å². The molecule has 8 heavy (non-hydrogen) atoms. The van der Waals surface area contributed by atoms with Crippen molar-refractivity contribution in [1.82, 2.24) is 0 Å². The van der Waals surface area contributed by atoms with Crippen LogP contribution < -0.4 is 0 Å². The fourth-order valence-electron chi connectivity index (χ4n) is 0.575. The van der Waals surface area contributed by atoms with Crippen molar-refractivity contribution < 1.29 is 7.65 Å². The van der Waals surface area contributed by atoms with Crippen molar-refractivity contribution in [1.29, 1.82) is 0 Å². The van der Waals surface area contributed by atoms with E-state index < -0.39 is 14.1 Å². The zero-order valence-corrected chi connectivity index (χ0v) is 7.05. The summed E-state index contributed by atoms with van der Waals surface area (Å²) in [6.07, 6.45) is 0. The van der Waals surface area contributed by atoms with Gasteiger partial charge in [0.25, 0.3) is 14.1 Å². The third-order valence-electron chi connectivity index (χ3n) is 0.696. The van der Waals surface area contributed by atoms with Gasteiger partial charge in [0.05, 0.1) is 0 Å². The summed E-state index contributed by atoms with van der Waals surface area (Å²) in [4.78, 5) is 10.3. The van der Waals surface area contributed by atoms with Gasteiger partial charge >= 0.3 is 10.1 Å². The van der Waals surface area contributed by atoms with Gasteiger partial charge in [0.1, 0.15) is 5.78 Å². The topological polar surface area (TPSA) is 17.1 Å². The maximum absolute atomic E-state index is 10.3. The molecule has 0 heterocycles. The molecule has 0 aliphatic carbocycles. The Balaban J connectivity index is -0.0000000600. The normalized spacial score (nSPS) is 7.38. The van der Waals surface area contributed by atoms with Crippen LogP contribution in [0.2, 0.25) is 16.9 Å². The van der Waals surface area contributed by atoms with Gasteiger partial charge in [0.2, 0.25) is 0 Å². The van der Waals surface area contributed by atoms with Crippen LogP contribution in [-0.4, -0.2) is 30.1 Å². The fourth-order valence-corrected chi connectivity index (χ4v) is 1.72. The fraction of sp³-hybridized carbons (Fsp3) is 0.800. The Morgan fingerprint density at radius 1 is 1.62 bits per heavy atom. The van der Waals surface area contributed by atoms with Gasteiger partial charge in [-0.2, -0.15) is 0 Å². The molecule has 0 amide bonds. The van der Waals surface area contributed by atoms with Crippen molar-refractivity contribution in [2.45, 2.75) is 23.8 Å². The van der Waals surface area contributed by atoms with Crippen LogP contribution in [-0.2, 0) is 4.79 Å². The average Bonchev–Trinajstić information content (AvgIpc) is 1.27. The van der Waals surface area contributed by atoms with E-state index in [0.29, 0.717) is 5.78 Å². The Morgan fingerprint density at radius 2 is 2.00 bits per heavy atom. The van der Waals surface area contributed by atoms with E-state index in [2.05, 4.69) is 11.6 Å². The maximum atomic E-state index is 10.3. The molecule has 0 rings (SSSR count). The van der Waals surface area contributed by atoms with E-state index in [9.17, 15) is 4.79 Å². The molecule has 0 fully saturated rings. The van der Waals surface area contributed by atoms with E-state index in [0.717, 1.165) is 5.28 Å². The van der Waals surface area contributed by atoms with Crippen LogP contribution in [0.4, 0.5) is 0 Å². The predicted molar refractivity (Wildman–Crippen MR) is 40.9 cm³/mol. The van der Waals surface area contributed by atoms with Gasteiger partial charge in [-0.25, -0.2) is 0 Å². The minimum Gasteiger partial charge on any atom is -1.00 e. The van der Waals surface area contributed by atoms with Gasteiger partial charge in [-0.15, -0.1) is 11.6 Å². The van der Waals surface area contributed by atoms with E-state index >= 15 is 0 Å². The Labute approximate surface area is 62.0 Å². The number of rotatable bonds is 2. The molecule has 0 atom stereocenters. The minimum atomic E-state index is -0.578. The third kappa shape index (κ3) is 9.62. The van der Waals surface area contributed by atoms with Gasteiger partial charge in [-0.05, 0) is 12.2 Å². The van der Waals surface area contributed by atoms with Crippen LogP contribution in [0.25, 0.3) is 0 Å². The molecule has 0 unspecified atom stereocenters. The zero-order chi connectivity index (χ0) is 5.86. The summed E-state index contributed by atoms with van der Waals surface area (Å²) >= 11 is -0.578. The monoisotopic (exact) mass is 125 g/mol. The first-order valence-corrected chi connectivity index (χ1v) is 5.75. The second-order valence-electron chi connectivity index (χ2n) is 2.30. The molecule has 0 aliphatic rings. The van der Waals surface area contributed by atoms with E-state index in [1.807, 2.05) is 0 Å². The molecule has 0 aromatic carbocycles. The van der Waals surface area contributed by atoms with Crippen LogP contribution in [0, 0.1) is 0 Å². The molecular weight excluding hydrogens is 112 g/mol. The Morgan fingerprint density at radius 3 is 2.00 bits per heavy atom. The van der Waals surface area contributed by atoms with Crippen molar-refractivity contribution in [3.05, 3.63) is 0 Å². The second-order valence-corrected chi connectivity index (χ2v) is 5.50. The quantitative estimate of drug-likeness (QED) is 0.506. The van der Waals surface area contributed by atoms with Gasteiger partial charge < -0.3 is 7.65 Å². The SMILES string of the molecule is CC(=O)[CH2][Al]([CH3])[CH3].[Be+2].[H-].[H-]. The minimum absolute atomic E-state index is 0. The smallest absolute Gasteiger partial charge is 1.00 e. The number of carbonyl (C=O) groups excluding carboxylic acids is 1. The van der Waals surface area contributed by atoms with E-state index in [1.165, 1.54) is 0 Å². The summed E-state index contributed by atoms with van der Waals surface area (Å²) in [5.74, 6) is 4.71. The van der Waals surface area contributed by atoms with Crippen LogP contribution in [0.5, 0.6) is 0 Å². The largest absolute Gasteiger partial charge is 2.00 e. The first-order valence-electron chi connectivity index (χ1n) is 2.62. The molecule has 0 aliphatic heterocycles. The molecule has 0 spiro atoms. The number of hydrogen-bond donors (Lipinski definition) is 0. The van der Waals surface area contributed by atoms with Crippen LogP contribution in [0.1, 0.15) is 9.78 Å². The molecule has 0 aromatic rings. The predicted octanol–water partition coefficient (Wildman–Crippen LogP) is 1.17. The van der Waals surface area contributed by atoms with Crippen molar-refractivity contribution in [3.63, 3.8) is 0 Å². The first kappa shape index (κ1) is 11.2. The van der Waals surface area contributed by atoms with Crippen LogP contribution >= 0.6 is 0 Å². The standard InChI is InChI=1S/C3H5O.2CH3.Al.Be.2H/c1-3(2)4;;;;;;/h1H2,2H3;2*1H3;;;;/q;;;;+2;2*-1. The van der Waals surface area contributed by atoms with Gasteiger partial charge in [-0.1, -0.05) is 0 Å². The first-order chi connectivity index (χ1) is 3.13. The van der Waals surface area contributed by atoms with Crippen molar-refractivity contribution in [3.8, 4) is 0 Å². The van der Waals surface area contributed by atoms with Crippen molar-refractivity contribution in [2.75, 3.05) is 0 Å². The molecule has 0 bridgehead atoms. The molecule has 0 saturated heterocycles. The maximum Gasteiger partial charge on any atom is 2.00 e. The summed E-state index contributed by atoms with van der Waals surface area (Å²) in [6, 6.07) is 0. The summed E-state index contributed by atoms with van der Waals surface area (Å²) in [5.41, 5.74) is 0. The second kappa shape index (κ2) is 5.51. The molecule has 44 valence electrons. The summed E-state index contributed by atoms with van der Waals surface area (Å²) in [6.45, 7) is 1.66. The molecule has 0 saturated carbocycles.